The number of para-hydroxylation sites is 1. The number of oxazole rings is 1. The lowest BCUT2D eigenvalue weighted by molar-refractivity contribution is 0.397. The van der Waals surface area contributed by atoms with Crippen molar-refractivity contribution in [3.63, 3.8) is 0 Å². The molecule has 0 fully saturated rings. The lowest BCUT2D eigenvalue weighted by Crippen LogP contribution is -2.31. The molecule has 5 rings (SSSR count). The molecule has 0 aliphatic carbocycles. The van der Waals surface area contributed by atoms with Crippen molar-refractivity contribution in [2.24, 2.45) is 0 Å². The van der Waals surface area contributed by atoms with Crippen molar-refractivity contribution in [3.05, 3.63) is 81.7 Å². The Morgan fingerprint density at radius 3 is 2.60 bits per heavy atom. The molecule has 0 unspecified atom stereocenters. The fraction of sp³-hybridized carbons (Fsp3) is 0.0476. The first-order valence-electron chi connectivity index (χ1n) is 8.87. The maximum absolute atomic E-state index is 12.9. The van der Waals surface area contributed by atoms with E-state index in [1.165, 1.54) is 19.4 Å². The summed E-state index contributed by atoms with van der Waals surface area (Å²) in [6.07, 6.45) is 1.38. The number of hydrogen-bond acceptors (Lipinski definition) is 8. The topological polar surface area (TPSA) is 110 Å². The largest absolute Gasteiger partial charge is 0.493 e. The van der Waals surface area contributed by atoms with E-state index in [2.05, 4.69) is 9.97 Å². The molecule has 30 heavy (non-hydrogen) atoms. The van der Waals surface area contributed by atoms with E-state index in [4.69, 9.17) is 18.3 Å². The summed E-state index contributed by atoms with van der Waals surface area (Å²) >= 11 is 0. The van der Waals surface area contributed by atoms with Gasteiger partial charge >= 0.3 is 11.8 Å². The van der Waals surface area contributed by atoms with Crippen LogP contribution in [-0.4, -0.2) is 21.6 Å². The summed E-state index contributed by atoms with van der Waals surface area (Å²) < 4.78 is 22.5. The molecule has 2 aromatic carbocycles. The Hall–Kier alpha value is -4.40. The second kappa shape index (κ2) is 6.89. The molecule has 9 heteroatoms. The molecule has 0 aliphatic rings. The Balaban J connectivity index is 1.62. The van der Waals surface area contributed by atoms with Gasteiger partial charge in [0.2, 0.25) is 5.58 Å². The average Bonchev–Trinajstić information content (AvgIpc) is 3.17. The van der Waals surface area contributed by atoms with Crippen LogP contribution < -0.4 is 20.8 Å². The standard InChI is InChI=1S/C21H13N3O6/c1-27-15-9-10-22-17-18(15)30-21(26)24(19(17)25)20-23-14-8-7-13(11-16(14)29-20)28-12-5-3-2-4-6-12/h2-11H,1H3. The van der Waals surface area contributed by atoms with Crippen LogP contribution in [0.4, 0.5) is 0 Å². The highest BCUT2D eigenvalue weighted by atomic mass is 16.5. The highest BCUT2D eigenvalue weighted by Crippen LogP contribution is 2.27. The maximum atomic E-state index is 12.9. The third-order valence-corrected chi connectivity index (χ3v) is 4.38. The van der Waals surface area contributed by atoms with E-state index in [0.717, 1.165) is 0 Å². The monoisotopic (exact) mass is 403 g/mol. The Kier molecular flexibility index (Phi) is 4.06. The number of hydrogen-bond donors (Lipinski definition) is 0. The zero-order valence-corrected chi connectivity index (χ0v) is 15.6. The molecule has 0 radical (unpaired) electrons. The van der Waals surface area contributed by atoms with Crippen molar-refractivity contribution in [2.45, 2.75) is 0 Å². The zero-order valence-electron chi connectivity index (χ0n) is 15.6. The van der Waals surface area contributed by atoms with E-state index in [-0.39, 0.29) is 22.9 Å². The van der Waals surface area contributed by atoms with Gasteiger partial charge in [0.1, 0.15) is 17.0 Å². The third-order valence-electron chi connectivity index (χ3n) is 4.38. The van der Waals surface area contributed by atoms with Gasteiger partial charge in [0, 0.05) is 18.3 Å². The minimum Gasteiger partial charge on any atom is -0.493 e. The van der Waals surface area contributed by atoms with Gasteiger partial charge in [-0.25, -0.2) is 9.78 Å². The third kappa shape index (κ3) is 2.89. The van der Waals surface area contributed by atoms with Crippen LogP contribution in [0.3, 0.4) is 0 Å². The second-order valence-electron chi connectivity index (χ2n) is 6.24. The second-order valence-corrected chi connectivity index (χ2v) is 6.24. The van der Waals surface area contributed by atoms with Gasteiger partial charge < -0.3 is 18.3 Å². The van der Waals surface area contributed by atoms with Crippen LogP contribution in [0.5, 0.6) is 17.2 Å². The number of nitrogens with zero attached hydrogens (tertiary/aromatic N) is 3. The quantitative estimate of drug-likeness (QED) is 0.450. The van der Waals surface area contributed by atoms with Crippen molar-refractivity contribution in [3.8, 4) is 23.3 Å². The van der Waals surface area contributed by atoms with Crippen LogP contribution in [-0.2, 0) is 0 Å². The molecule has 148 valence electrons. The van der Waals surface area contributed by atoms with Crippen molar-refractivity contribution in [1.82, 2.24) is 14.5 Å². The number of fused-ring (bicyclic) bond motifs is 2. The van der Waals surface area contributed by atoms with E-state index in [0.29, 0.717) is 27.2 Å². The van der Waals surface area contributed by atoms with Crippen LogP contribution in [0, 0.1) is 0 Å². The molecule has 3 heterocycles. The Morgan fingerprint density at radius 2 is 1.80 bits per heavy atom. The number of benzene rings is 2. The number of pyridine rings is 1. The maximum Gasteiger partial charge on any atom is 0.430 e. The molecule has 5 aromatic rings. The average molecular weight is 403 g/mol. The molecular formula is C21H13N3O6. The summed E-state index contributed by atoms with van der Waals surface area (Å²) in [6, 6.07) is 15.5. The molecule has 9 nitrogen and oxygen atoms in total. The van der Waals surface area contributed by atoms with Gasteiger partial charge in [-0.3, -0.25) is 4.79 Å². The fourth-order valence-electron chi connectivity index (χ4n) is 3.01. The van der Waals surface area contributed by atoms with Gasteiger partial charge in [-0.2, -0.15) is 9.55 Å². The normalized spacial score (nSPS) is 11.1. The first-order chi connectivity index (χ1) is 14.6. The van der Waals surface area contributed by atoms with E-state index in [9.17, 15) is 9.59 Å². The molecule has 0 N–H and O–H groups in total. The van der Waals surface area contributed by atoms with Gasteiger partial charge in [0.15, 0.2) is 16.8 Å². The zero-order chi connectivity index (χ0) is 20.7. The molecule has 0 atom stereocenters. The van der Waals surface area contributed by atoms with E-state index in [1.54, 1.807) is 18.2 Å². The number of methoxy groups -OCH3 is 1. The number of rotatable bonds is 4. The number of aromatic nitrogens is 3. The van der Waals surface area contributed by atoms with Gasteiger partial charge in [0.25, 0.3) is 5.56 Å². The summed E-state index contributed by atoms with van der Waals surface area (Å²) in [6.45, 7) is 0. The first kappa shape index (κ1) is 17.7. The summed E-state index contributed by atoms with van der Waals surface area (Å²) in [5, 5.41) is 0. The van der Waals surface area contributed by atoms with Crippen molar-refractivity contribution >= 4 is 22.2 Å². The Labute approximate surface area is 167 Å². The van der Waals surface area contributed by atoms with E-state index in [1.807, 2.05) is 30.3 Å². The lowest BCUT2D eigenvalue weighted by atomic mass is 10.3. The van der Waals surface area contributed by atoms with Crippen LogP contribution in [0.25, 0.3) is 28.2 Å². The Morgan fingerprint density at radius 1 is 0.967 bits per heavy atom. The van der Waals surface area contributed by atoms with Crippen LogP contribution in [0.2, 0.25) is 0 Å². The molecule has 0 spiro atoms. The Bertz CT molecular complexity index is 1500. The predicted octanol–water partition coefficient (Wildman–Crippen LogP) is 3.28. The number of ether oxygens (including phenoxy) is 2. The SMILES string of the molecule is COc1ccnc2c(=O)n(-c3nc4ccc(Oc5ccccc5)cc4o3)c(=O)oc12. The highest BCUT2D eigenvalue weighted by Gasteiger charge is 2.19. The van der Waals surface area contributed by atoms with Crippen LogP contribution in [0.1, 0.15) is 0 Å². The smallest absolute Gasteiger partial charge is 0.430 e. The summed E-state index contributed by atoms with van der Waals surface area (Å²) in [5.74, 6) is 0.427. The van der Waals surface area contributed by atoms with Gasteiger partial charge in [0.05, 0.1) is 7.11 Å². The molecule has 0 saturated carbocycles. The predicted molar refractivity (Wildman–Crippen MR) is 107 cm³/mol. The fourth-order valence-corrected chi connectivity index (χ4v) is 3.01. The van der Waals surface area contributed by atoms with Crippen molar-refractivity contribution in [1.29, 1.82) is 0 Å². The van der Waals surface area contributed by atoms with Crippen LogP contribution in [0.15, 0.2) is 79.2 Å². The molecule has 0 bridgehead atoms. The van der Waals surface area contributed by atoms with Crippen molar-refractivity contribution in [2.75, 3.05) is 7.11 Å². The summed E-state index contributed by atoms with van der Waals surface area (Å²) in [7, 11) is 1.40. The van der Waals surface area contributed by atoms with Crippen molar-refractivity contribution < 1.29 is 18.3 Å². The van der Waals surface area contributed by atoms with Gasteiger partial charge in [-0.05, 0) is 24.3 Å². The van der Waals surface area contributed by atoms with Crippen LogP contribution >= 0.6 is 0 Å². The minimum atomic E-state index is -0.967. The van der Waals surface area contributed by atoms with E-state index < -0.39 is 11.3 Å². The lowest BCUT2D eigenvalue weighted by Gasteiger charge is -2.04. The van der Waals surface area contributed by atoms with Gasteiger partial charge in [-0.1, -0.05) is 18.2 Å². The molecule has 3 aromatic heterocycles. The van der Waals surface area contributed by atoms with Gasteiger partial charge in [-0.15, -0.1) is 0 Å². The molecule has 0 aliphatic heterocycles. The summed E-state index contributed by atoms with van der Waals surface area (Å²) in [5.41, 5.74) is -0.0727. The molecule has 0 amide bonds. The first-order valence-corrected chi connectivity index (χ1v) is 8.87. The summed E-state index contributed by atoms with van der Waals surface area (Å²) in [4.78, 5) is 33.6. The minimum absolute atomic E-state index is 0.0408. The highest BCUT2D eigenvalue weighted by molar-refractivity contribution is 5.78. The molecule has 0 saturated heterocycles. The van der Waals surface area contributed by atoms with E-state index >= 15 is 0 Å². The molecular weight excluding hydrogens is 390 g/mol.